The molecule has 0 saturated heterocycles. The van der Waals surface area contributed by atoms with Gasteiger partial charge in [-0.2, -0.15) is 0 Å². The van der Waals surface area contributed by atoms with Crippen molar-refractivity contribution >= 4 is 16.3 Å². The van der Waals surface area contributed by atoms with Gasteiger partial charge in [-0.3, -0.25) is 0 Å². The van der Waals surface area contributed by atoms with E-state index >= 15 is 0 Å². The van der Waals surface area contributed by atoms with E-state index in [9.17, 15) is 13.2 Å². The number of carbonyl (C=O) groups excluding carboxylic acids is 1. The minimum Gasteiger partial charge on any atom is -0.302 e. The maximum absolute atomic E-state index is 11.7. The third kappa shape index (κ3) is 3.14. The van der Waals surface area contributed by atoms with Crippen LogP contribution in [0.2, 0.25) is 0 Å². The van der Waals surface area contributed by atoms with E-state index in [1.165, 1.54) is 13.0 Å². The summed E-state index contributed by atoms with van der Waals surface area (Å²) >= 11 is 0. The molecule has 0 aromatic heterocycles. The van der Waals surface area contributed by atoms with Crippen molar-refractivity contribution in [2.24, 2.45) is 0 Å². The van der Waals surface area contributed by atoms with Gasteiger partial charge in [0.15, 0.2) is 0 Å². The molecule has 0 aliphatic heterocycles. The predicted molar refractivity (Wildman–Crippen MR) is 57.0 cm³/mol. The molecule has 1 rings (SSSR count). The standard InChI is InChI=1S/C10H13NO3S/c1-8-4-3-5-10(6-8)15(13,14)11-9(2)7-12/h3-7,9,11H,1-2H3/t9-/m0/s1. The summed E-state index contributed by atoms with van der Waals surface area (Å²) in [5, 5.41) is 0. The lowest BCUT2D eigenvalue weighted by Gasteiger charge is -2.08. The van der Waals surface area contributed by atoms with Crippen LogP contribution in [0.1, 0.15) is 12.5 Å². The molecule has 0 amide bonds. The fraction of sp³-hybridized carbons (Fsp3) is 0.300. The summed E-state index contributed by atoms with van der Waals surface area (Å²) in [6, 6.07) is 5.81. The van der Waals surface area contributed by atoms with Crippen molar-refractivity contribution in [2.45, 2.75) is 24.8 Å². The van der Waals surface area contributed by atoms with Crippen LogP contribution in [-0.2, 0) is 14.8 Å². The molecule has 5 heteroatoms. The second-order valence-corrected chi connectivity index (χ2v) is 5.08. The summed E-state index contributed by atoms with van der Waals surface area (Å²) in [4.78, 5) is 10.5. The van der Waals surface area contributed by atoms with Crippen molar-refractivity contribution in [1.29, 1.82) is 0 Å². The van der Waals surface area contributed by atoms with E-state index in [0.29, 0.717) is 6.29 Å². The molecule has 0 spiro atoms. The zero-order valence-corrected chi connectivity index (χ0v) is 9.41. The van der Waals surface area contributed by atoms with Gasteiger partial charge in [0, 0.05) is 0 Å². The summed E-state index contributed by atoms with van der Waals surface area (Å²) in [6.07, 6.45) is 0.549. The molecule has 1 aromatic carbocycles. The number of aryl methyl sites for hydroxylation is 1. The van der Waals surface area contributed by atoms with Gasteiger partial charge in [-0.15, -0.1) is 0 Å². The van der Waals surface area contributed by atoms with Crippen LogP contribution in [0.15, 0.2) is 29.2 Å². The van der Waals surface area contributed by atoms with Crippen LogP contribution in [0.25, 0.3) is 0 Å². The second kappa shape index (κ2) is 4.55. The fourth-order valence-corrected chi connectivity index (χ4v) is 2.40. The van der Waals surface area contributed by atoms with Crippen molar-refractivity contribution in [2.75, 3.05) is 0 Å². The molecule has 1 aromatic rings. The Morgan fingerprint density at radius 2 is 2.07 bits per heavy atom. The molecule has 0 heterocycles. The van der Waals surface area contributed by atoms with Crippen LogP contribution < -0.4 is 4.72 Å². The molecule has 0 bridgehead atoms. The predicted octanol–water partition coefficient (Wildman–Crippen LogP) is 0.861. The van der Waals surface area contributed by atoms with Gasteiger partial charge in [-0.25, -0.2) is 13.1 Å². The molecule has 4 nitrogen and oxygen atoms in total. The van der Waals surface area contributed by atoms with Gasteiger partial charge < -0.3 is 4.79 Å². The normalized spacial score (nSPS) is 13.5. The van der Waals surface area contributed by atoms with E-state index in [4.69, 9.17) is 0 Å². The molecule has 1 N–H and O–H groups in total. The number of hydrogen-bond acceptors (Lipinski definition) is 3. The number of hydrogen-bond donors (Lipinski definition) is 1. The van der Waals surface area contributed by atoms with Crippen LogP contribution >= 0.6 is 0 Å². The monoisotopic (exact) mass is 227 g/mol. The Hall–Kier alpha value is -1.20. The lowest BCUT2D eigenvalue weighted by Crippen LogP contribution is -2.33. The zero-order valence-electron chi connectivity index (χ0n) is 8.60. The Kier molecular flexibility index (Phi) is 3.60. The molecule has 0 unspecified atom stereocenters. The number of carbonyl (C=O) groups is 1. The summed E-state index contributed by atoms with van der Waals surface area (Å²) in [5.74, 6) is 0. The number of rotatable bonds is 4. The highest BCUT2D eigenvalue weighted by Crippen LogP contribution is 2.10. The smallest absolute Gasteiger partial charge is 0.241 e. The summed E-state index contributed by atoms with van der Waals surface area (Å²) in [5.41, 5.74) is 0.858. The first-order chi connectivity index (χ1) is 6.95. The highest BCUT2D eigenvalue weighted by atomic mass is 32.2. The van der Waals surface area contributed by atoms with E-state index in [2.05, 4.69) is 4.72 Å². The van der Waals surface area contributed by atoms with Gasteiger partial charge in [-0.05, 0) is 31.5 Å². The van der Waals surface area contributed by atoms with Gasteiger partial charge in [0.05, 0.1) is 10.9 Å². The van der Waals surface area contributed by atoms with Gasteiger partial charge in [0.25, 0.3) is 0 Å². The van der Waals surface area contributed by atoms with Crippen LogP contribution in [0.3, 0.4) is 0 Å². The number of benzene rings is 1. The quantitative estimate of drug-likeness (QED) is 0.776. The highest BCUT2D eigenvalue weighted by molar-refractivity contribution is 7.89. The lowest BCUT2D eigenvalue weighted by molar-refractivity contribution is -0.108. The van der Waals surface area contributed by atoms with Crippen molar-refractivity contribution in [1.82, 2.24) is 4.72 Å². The molecule has 0 aliphatic rings. The summed E-state index contributed by atoms with van der Waals surface area (Å²) in [7, 11) is -3.58. The van der Waals surface area contributed by atoms with Crippen LogP contribution in [0.4, 0.5) is 0 Å². The molecule has 82 valence electrons. The van der Waals surface area contributed by atoms with E-state index in [-0.39, 0.29) is 4.90 Å². The second-order valence-electron chi connectivity index (χ2n) is 3.36. The average molecular weight is 227 g/mol. The van der Waals surface area contributed by atoms with Crippen molar-refractivity contribution in [3.63, 3.8) is 0 Å². The maximum atomic E-state index is 11.7. The first-order valence-electron chi connectivity index (χ1n) is 4.50. The molecule has 0 fully saturated rings. The van der Waals surface area contributed by atoms with Crippen LogP contribution in [-0.4, -0.2) is 20.7 Å². The van der Waals surface area contributed by atoms with E-state index in [1.807, 2.05) is 13.0 Å². The van der Waals surface area contributed by atoms with E-state index < -0.39 is 16.1 Å². The average Bonchev–Trinajstić information content (AvgIpc) is 2.17. The third-order valence-electron chi connectivity index (χ3n) is 1.85. The Labute approximate surface area is 89.4 Å². The number of sulfonamides is 1. The maximum Gasteiger partial charge on any atom is 0.241 e. The van der Waals surface area contributed by atoms with Crippen LogP contribution in [0, 0.1) is 6.92 Å². The largest absolute Gasteiger partial charge is 0.302 e. The minimum absolute atomic E-state index is 0.177. The Bertz CT molecular complexity index is 453. The topological polar surface area (TPSA) is 63.2 Å². The van der Waals surface area contributed by atoms with Gasteiger partial charge in [-0.1, -0.05) is 12.1 Å². The highest BCUT2D eigenvalue weighted by Gasteiger charge is 2.16. The van der Waals surface area contributed by atoms with Crippen molar-refractivity contribution < 1.29 is 13.2 Å². The third-order valence-corrected chi connectivity index (χ3v) is 3.40. The number of nitrogens with one attached hydrogen (secondary N) is 1. The first kappa shape index (κ1) is 11.9. The Morgan fingerprint density at radius 3 is 2.60 bits per heavy atom. The van der Waals surface area contributed by atoms with Crippen molar-refractivity contribution in [3.05, 3.63) is 29.8 Å². The molecule has 15 heavy (non-hydrogen) atoms. The molecule has 0 radical (unpaired) electrons. The molecule has 0 saturated carbocycles. The summed E-state index contributed by atoms with van der Waals surface area (Å²) < 4.78 is 25.6. The molecular weight excluding hydrogens is 214 g/mol. The molecule has 1 atom stereocenters. The Balaban J connectivity index is 3.01. The molecule has 0 aliphatic carbocycles. The number of aldehydes is 1. The molecular formula is C10H13NO3S. The summed E-state index contributed by atoms with van der Waals surface area (Å²) in [6.45, 7) is 3.29. The van der Waals surface area contributed by atoms with Crippen LogP contribution in [0.5, 0.6) is 0 Å². The Morgan fingerprint density at radius 1 is 1.40 bits per heavy atom. The minimum atomic E-state index is -3.58. The lowest BCUT2D eigenvalue weighted by atomic mass is 10.2. The first-order valence-corrected chi connectivity index (χ1v) is 5.98. The van der Waals surface area contributed by atoms with E-state index in [1.54, 1.807) is 12.1 Å². The zero-order chi connectivity index (χ0) is 11.5. The SMILES string of the molecule is Cc1cccc(S(=O)(=O)N[C@@H](C)C=O)c1. The van der Waals surface area contributed by atoms with Gasteiger partial charge >= 0.3 is 0 Å². The fourth-order valence-electron chi connectivity index (χ4n) is 1.12. The van der Waals surface area contributed by atoms with Gasteiger partial charge in [0.1, 0.15) is 6.29 Å². The van der Waals surface area contributed by atoms with Gasteiger partial charge in [0.2, 0.25) is 10.0 Å². The van der Waals surface area contributed by atoms with E-state index in [0.717, 1.165) is 5.56 Å². The van der Waals surface area contributed by atoms with Crippen molar-refractivity contribution in [3.8, 4) is 0 Å².